The Labute approximate surface area is 139 Å². The molecule has 0 saturated heterocycles. The number of benzene rings is 1. The zero-order valence-electron chi connectivity index (χ0n) is 12.9. The quantitative estimate of drug-likeness (QED) is 0.456. The molecule has 0 saturated carbocycles. The van der Waals surface area contributed by atoms with Crippen molar-refractivity contribution in [3.05, 3.63) is 27.7 Å². The second-order valence-electron chi connectivity index (χ2n) is 4.51. The largest absolute Gasteiger partial charge is 0.493 e. The first-order valence-electron chi connectivity index (χ1n) is 6.88. The maximum atomic E-state index is 12.0. The van der Waals surface area contributed by atoms with E-state index in [1.54, 1.807) is 19.2 Å². The molecule has 0 aliphatic rings. The summed E-state index contributed by atoms with van der Waals surface area (Å²) in [5.74, 6) is 0.718. The number of rotatable bonds is 7. The SMILES string of the molecule is CCCCNC(=O)/C(C#N)=C/c1cc(OC)c(OC)cc1Br. The lowest BCUT2D eigenvalue weighted by Gasteiger charge is -2.10. The topological polar surface area (TPSA) is 71.4 Å². The molecule has 0 aliphatic heterocycles. The van der Waals surface area contributed by atoms with Gasteiger partial charge in [-0.25, -0.2) is 0 Å². The molecule has 0 spiro atoms. The number of methoxy groups -OCH3 is 2. The summed E-state index contributed by atoms with van der Waals surface area (Å²) in [7, 11) is 3.07. The summed E-state index contributed by atoms with van der Waals surface area (Å²) in [6.45, 7) is 2.59. The molecule has 0 unspecified atom stereocenters. The fraction of sp³-hybridized carbons (Fsp3) is 0.375. The Morgan fingerprint density at radius 3 is 2.55 bits per heavy atom. The van der Waals surface area contributed by atoms with Crippen molar-refractivity contribution in [1.82, 2.24) is 5.32 Å². The Balaban J connectivity index is 3.07. The molecule has 1 amide bonds. The number of halogens is 1. The molecule has 0 fully saturated rings. The summed E-state index contributed by atoms with van der Waals surface area (Å²) >= 11 is 3.40. The number of nitrogens with zero attached hydrogens (tertiary/aromatic N) is 1. The van der Waals surface area contributed by atoms with Crippen LogP contribution in [-0.2, 0) is 4.79 Å². The molecule has 0 aromatic heterocycles. The minimum absolute atomic E-state index is 0.0454. The van der Waals surface area contributed by atoms with Crippen LogP contribution in [0.5, 0.6) is 11.5 Å². The maximum absolute atomic E-state index is 12.0. The third-order valence-electron chi connectivity index (χ3n) is 2.98. The molecule has 5 nitrogen and oxygen atoms in total. The Morgan fingerprint density at radius 2 is 2.00 bits per heavy atom. The van der Waals surface area contributed by atoms with Gasteiger partial charge in [0.2, 0.25) is 0 Å². The molecule has 1 rings (SSSR count). The van der Waals surface area contributed by atoms with Crippen molar-refractivity contribution in [3.63, 3.8) is 0 Å². The number of unbranched alkanes of at least 4 members (excludes halogenated alkanes) is 1. The van der Waals surface area contributed by atoms with Gasteiger partial charge in [-0.15, -0.1) is 0 Å². The van der Waals surface area contributed by atoms with E-state index in [-0.39, 0.29) is 11.5 Å². The van der Waals surface area contributed by atoms with Crippen LogP contribution in [0.3, 0.4) is 0 Å². The predicted octanol–water partition coefficient (Wildman–Crippen LogP) is 3.29. The lowest BCUT2D eigenvalue weighted by molar-refractivity contribution is -0.117. The molecule has 1 N–H and O–H groups in total. The summed E-state index contributed by atoms with van der Waals surface area (Å²) in [6.07, 6.45) is 3.38. The molecule has 0 aliphatic carbocycles. The molecular weight excluding hydrogens is 348 g/mol. The standard InChI is InChI=1S/C16H19BrN2O3/c1-4-5-6-19-16(20)12(10-18)7-11-8-14(21-2)15(22-3)9-13(11)17/h7-9H,4-6H2,1-3H3,(H,19,20)/b12-7+. The molecule has 0 radical (unpaired) electrons. The van der Waals surface area contributed by atoms with Gasteiger partial charge in [0.15, 0.2) is 11.5 Å². The van der Waals surface area contributed by atoms with Crippen LogP contribution in [0.2, 0.25) is 0 Å². The van der Waals surface area contributed by atoms with Gasteiger partial charge in [0.1, 0.15) is 11.6 Å². The summed E-state index contributed by atoms with van der Waals surface area (Å²) in [6, 6.07) is 5.37. The summed E-state index contributed by atoms with van der Waals surface area (Å²) in [4.78, 5) is 12.0. The van der Waals surface area contributed by atoms with Crippen LogP contribution in [0.4, 0.5) is 0 Å². The molecule has 6 heteroatoms. The Morgan fingerprint density at radius 1 is 1.36 bits per heavy atom. The van der Waals surface area contributed by atoms with E-state index in [9.17, 15) is 10.1 Å². The van der Waals surface area contributed by atoms with Crippen LogP contribution in [0.15, 0.2) is 22.2 Å². The average Bonchev–Trinajstić information content (AvgIpc) is 2.53. The number of nitriles is 1. The number of hydrogen-bond donors (Lipinski definition) is 1. The Kier molecular flexibility index (Phi) is 7.47. The van der Waals surface area contributed by atoms with E-state index in [0.29, 0.717) is 28.1 Å². The van der Waals surface area contributed by atoms with Crippen LogP contribution in [0, 0.1) is 11.3 Å². The average molecular weight is 367 g/mol. The predicted molar refractivity (Wildman–Crippen MR) is 88.8 cm³/mol. The third kappa shape index (κ3) is 4.78. The smallest absolute Gasteiger partial charge is 0.261 e. The highest BCUT2D eigenvalue weighted by Crippen LogP contribution is 2.34. The monoisotopic (exact) mass is 366 g/mol. The van der Waals surface area contributed by atoms with Gasteiger partial charge in [0, 0.05) is 11.0 Å². The molecule has 0 heterocycles. The second-order valence-corrected chi connectivity index (χ2v) is 5.36. The number of ether oxygens (including phenoxy) is 2. The normalized spacial score (nSPS) is 10.8. The Hall–Kier alpha value is -2.00. The van der Waals surface area contributed by atoms with Gasteiger partial charge in [-0.2, -0.15) is 5.26 Å². The van der Waals surface area contributed by atoms with Crippen molar-refractivity contribution >= 4 is 27.9 Å². The minimum atomic E-state index is -0.377. The van der Waals surface area contributed by atoms with Gasteiger partial charge >= 0.3 is 0 Å². The molecule has 1 aromatic rings. The molecule has 22 heavy (non-hydrogen) atoms. The molecule has 1 aromatic carbocycles. The van der Waals surface area contributed by atoms with Crippen molar-refractivity contribution in [2.24, 2.45) is 0 Å². The fourth-order valence-corrected chi connectivity index (χ4v) is 2.20. The van der Waals surface area contributed by atoms with Gasteiger partial charge in [0.25, 0.3) is 5.91 Å². The Bertz CT molecular complexity index is 606. The number of nitrogens with one attached hydrogen (secondary N) is 1. The molecule has 0 atom stereocenters. The highest BCUT2D eigenvalue weighted by Gasteiger charge is 2.12. The molecule has 118 valence electrons. The van der Waals surface area contributed by atoms with Crippen LogP contribution in [0.1, 0.15) is 25.3 Å². The molecular formula is C16H19BrN2O3. The first kappa shape index (κ1) is 18.1. The van der Waals surface area contributed by atoms with Crippen molar-refractivity contribution in [3.8, 4) is 17.6 Å². The minimum Gasteiger partial charge on any atom is -0.493 e. The molecule has 0 bridgehead atoms. The zero-order chi connectivity index (χ0) is 16.5. The van der Waals surface area contributed by atoms with E-state index in [1.165, 1.54) is 13.2 Å². The first-order valence-corrected chi connectivity index (χ1v) is 7.68. The number of amides is 1. The van der Waals surface area contributed by atoms with Crippen molar-refractivity contribution in [2.45, 2.75) is 19.8 Å². The van der Waals surface area contributed by atoms with E-state index >= 15 is 0 Å². The first-order chi connectivity index (χ1) is 10.6. The highest BCUT2D eigenvalue weighted by atomic mass is 79.9. The van der Waals surface area contributed by atoms with E-state index in [0.717, 1.165) is 12.8 Å². The van der Waals surface area contributed by atoms with Crippen molar-refractivity contribution in [2.75, 3.05) is 20.8 Å². The van der Waals surface area contributed by atoms with Gasteiger partial charge in [-0.1, -0.05) is 29.3 Å². The van der Waals surface area contributed by atoms with Gasteiger partial charge < -0.3 is 14.8 Å². The number of carbonyl (C=O) groups excluding carboxylic acids is 1. The summed E-state index contributed by atoms with van der Waals surface area (Å²) in [5.41, 5.74) is 0.712. The van der Waals surface area contributed by atoms with E-state index in [2.05, 4.69) is 21.2 Å². The third-order valence-corrected chi connectivity index (χ3v) is 3.67. The van der Waals surface area contributed by atoms with E-state index in [1.807, 2.05) is 13.0 Å². The van der Waals surface area contributed by atoms with Crippen molar-refractivity contribution in [1.29, 1.82) is 5.26 Å². The van der Waals surface area contributed by atoms with Crippen LogP contribution >= 0.6 is 15.9 Å². The summed E-state index contributed by atoms with van der Waals surface area (Å²) < 4.78 is 11.1. The van der Waals surface area contributed by atoms with Gasteiger partial charge in [0.05, 0.1) is 14.2 Å². The summed E-state index contributed by atoms with van der Waals surface area (Å²) in [5, 5.41) is 11.9. The van der Waals surface area contributed by atoms with Gasteiger partial charge in [-0.05, 0) is 30.2 Å². The van der Waals surface area contributed by atoms with Crippen LogP contribution < -0.4 is 14.8 Å². The van der Waals surface area contributed by atoms with E-state index < -0.39 is 0 Å². The highest BCUT2D eigenvalue weighted by molar-refractivity contribution is 9.10. The van der Waals surface area contributed by atoms with Crippen molar-refractivity contribution < 1.29 is 14.3 Å². The lowest BCUT2D eigenvalue weighted by atomic mass is 10.1. The van der Waals surface area contributed by atoms with E-state index in [4.69, 9.17) is 9.47 Å². The van der Waals surface area contributed by atoms with Crippen LogP contribution in [-0.4, -0.2) is 26.7 Å². The fourth-order valence-electron chi connectivity index (χ4n) is 1.76. The maximum Gasteiger partial charge on any atom is 0.261 e. The number of carbonyl (C=O) groups is 1. The van der Waals surface area contributed by atoms with Crippen LogP contribution in [0.25, 0.3) is 6.08 Å². The van der Waals surface area contributed by atoms with Gasteiger partial charge in [-0.3, -0.25) is 4.79 Å². The zero-order valence-corrected chi connectivity index (χ0v) is 14.5. The second kappa shape index (κ2) is 9.11. The lowest BCUT2D eigenvalue weighted by Crippen LogP contribution is -2.25. The number of hydrogen-bond acceptors (Lipinski definition) is 4.